The van der Waals surface area contributed by atoms with Crippen molar-refractivity contribution in [3.8, 4) is 11.5 Å². The van der Waals surface area contributed by atoms with Gasteiger partial charge in [-0.1, -0.05) is 30.3 Å². The van der Waals surface area contributed by atoms with Crippen molar-refractivity contribution in [2.75, 3.05) is 6.61 Å². The smallest absolute Gasteiger partial charge is 0.308 e. The average Bonchev–Trinajstić information content (AvgIpc) is 3.01. The van der Waals surface area contributed by atoms with Crippen LogP contribution in [-0.2, 0) is 19.1 Å². The van der Waals surface area contributed by atoms with Gasteiger partial charge in [0, 0.05) is 19.4 Å². The third kappa shape index (κ3) is 4.12. The van der Waals surface area contributed by atoms with Crippen molar-refractivity contribution in [1.29, 1.82) is 0 Å². The summed E-state index contributed by atoms with van der Waals surface area (Å²) in [6.45, 7) is 6.52. The van der Waals surface area contributed by atoms with Gasteiger partial charge in [-0.25, -0.2) is 0 Å². The van der Waals surface area contributed by atoms with Gasteiger partial charge in [-0.3, -0.25) is 14.4 Å². The molecule has 0 aliphatic carbocycles. The van der Waals surface area contributed by atoms with Crippen molar-refractivity contribution in [1.82, 2.24) is 0 Å². The molecular formula is C25H26O7. The summed E-state index contributed by atoms with van der Waals surface area (Å²) in [5.41, 5.74) is 1.01. The molecule has 2 aliphatic rings. The van der Waals surface area contributed by atoms with Crippen LogP contribution in [0.1, 0.15) is 67.6 Å². The van der Waals surface area contributed by atoms with Gasteiger partial charge in [0.05, 0.1) is 24.5 Å². The highest BCUT2D eigenvalue weighted by Crippen LogP contribution is 2.49. The fraction of sp³-hybridized carbons (Fsp3) is 0.400. The molecule has 7 nitrogen and oxygen atoms in total. The molecule has 0 N–H and O–H groups in total. The standard InChI is InChI=1S/C25H26O7/c1-14(26)30-20-11-10-17-19(28)12-21(16-8-6-5-7-9-16)32-23(17)22(20)18-13-29-25(3,4)24(18)31-15(2)27/h5-11,18,21,24H,12-13H2,1-4H3. The van der Waals surface area contributed by atoms with Crippen LogP contribution in [0.4, 0.5) is 0 Å². The molecule has 0 saturated carbocycles. The molecule has 0 amide bonds. The predicted molar refractivity (Wildman–Crippen MR) is 115 cm³/mol. The lowest BCUT2D eigenvalue weighted by atomic mass is 9.84. The molecule has 4 rings (SSSR count). The van der Waals surface area contributed by atoms with Crippen LogP contribution in [0.3, 0.4) is 0 Å². The van der Waals surface area contributed by atoms with Crippen molar-refractivity contribution in [2.45, 2.75) is 57.8 Å². The Bertz CT molecular complexity index is 1060. The van der Waals surface area contributed by atoms with Crippen molar-refractivity contribution < 1.29 is 33.3 Å². The van der Waals surface area contributed by atoms with Crippen LogP contribution in [0.25, 0.3) is 0 Å². The molecule has 0 radical (unpaired) electrons. The first-order valence-electron chi connectivity index (χ1n) is 10.6. The lowest BCUT2D eigenvalue weighted by molar-refractivity contribution is -0.154. The quantitative estimate of drug-likeness (QED) is 0.524. The number of benzene rings is 2. The molecule has 3 atom stereocenters. The van der Waals surface area contributed by atoms with Crippen LogP contribution in [0.5, 0.6) is 11.5 Å². The molecule has 1 saturated heterocycles. The second-order valence-electron chi connectivity index (χ2n) is 8.64. The lowest BCUT2D eigenvalue weighted by Gasteiger charge is -2.32. The SMILES string of the molecule is CC(=O)Oc1ccc2c(c1C1COC(C)(C)C1OC(C)=O)OC(c1ccccc1)CC2=O. The Kier molecular flexibility index (Phi) is 5.77. The second kappa shape index (κ2) is 8.39. The van der Waals surface area contributed by atoms with E-state index in [-0.39, 0.29) is 24.6 Å². The maximum absolute atomic E-state index is 13.1. The van der Waals surface area contributed by atoms with Crippen LogP contribution in [0.15, 0.2) is 42.5 Å². The number of Topliss-reactive ketones (excluding diaryl/α,β-unsaturated/α-hetero) is 1. The molecule has 0 aromatic heterocycles. The van der Waals surface area contributed by atoms with Crippen LogP contribution in [-0.4, -0.2) is 36.0 Å². The van der Waals surface area contributed by atoms with Crippen molar-refractivity contribution in [3.63, 3.8) is 0 Å². The summed E-state index contributed by atoms with van der Waals surface area (Å²) in [5, 5.41) is 0. The number of ether oxygens (including phenoxy) is 4. The highest BCUT2D eigenvalue weighted by molar-refractivity contribution is 6.01. The molecule has 0 bridgehead atoms. The molecule has 2 aromatic rings. The van der Waals surface area contributed by atoms with Gasteiger partial charge >= 0.3 is 11.9 Å². The van der Waals surface area contributed by atoms with Crippen LogP contribution >= 0.6 is 0 Å². The minimum atomic E-state index is -0.774. The minimum Gasteiger partial charge on any atom is -0.484 e. The number of hydrogen-bond donors (Lipinski definition) is 0. The molecule has 1 fully saturated rings. The van der Waals surface area contributed by atoms with E-state index in [2.05, 4.69) is 0 Å². The van der Waals surface area contributed by atoms with Crippen LogP contribution in [0, 0.1) is 0 Å². The van der Waals surface area contributed by atoms with Crippen LogP contribution < -0.4 is 9.47 Å². The molecular weight excluding hydrogens is 412 g/mol. The van der Waals surface area contributed by atoms with Gasteiger partial charge in [0.2, 0.25) is 0 Å². The molecule has 32 heavy (non-hydrogen) atoms. The predicted octanol–water partition coefficient (Wildman–Crippen LogP) is 4.14. The Morgan fingerprint density at radius 1 is 1.03 bits per heavy atom. The number of carbonyl (C=O) groups is 3. The lowest BCUT2D eigenvalue weighted by Crippen LogP contribution is -2.38. The zero-order valence-corrected chi connectivity index (χ0v) is 18.5. The summed E-state index contributed by atoms with van der Waals surface area (Å²) in [6.07, 6.45) is -0.940. The topological polar surface area (TPSA) is 88.1 Å². The Morgan fingerprint density at radius 2 is 1.75 bits per heavy atom. The number of ketones is 1. The van der Waals surface area contributed by atoms with Gasteiger partial charge in [0.1, 0.15) is 29.3 Å². The largest absolute Gasteiger partial charge is 0.484 e. The summed E-state index contributed by atoms with van der Waals surface area (Å²) in [7, 11) is 0. The number of fused-ring (bicyclic) bond motifs is 1. The van der Waals surface area contributed by atoms with Gasteiger partial charge in [0.15, 0.2) is 5.78 Å². The van der Waals surface area contributed by atoms with Crippen LogP contribution in [0.2, 0.25) is 0 Å². The highest BCUT2D eigenvalue weighted by Gasteiger charge is 2.49. The third-order valence-electron chi connectivity index (χ3n) is 5.86. The van der Waals surface area contributed by atoms with Gasteiger partial charge < -0.3 is 18.9 Å². The first-order valence-corrected chi connectivity index (χ1v) is 10.6. The summed E-state index contributed by atoms with van der Waals surface area (Å²) < 4.78 is 23.5. The van der Waals surface area contributed by atoms with E-state index in [9.17, 15) is 14.4 Å². The number of esters is 2. The van der Waals surface area contributed by atoms with E-state index in [1.807, 2.05) is 44.2 Å². The second-order valence-corrected chi connectivity index (χ2v) is 8.64. The minimum absolute atomic E-state index is 0.0714. The summed E-state index contributed by atoms with van der Waals surface area (Å²) in [5.74, 6) is -0.899. The maximum atomic E-state index is 13.1. The number of rotatable bonds is 4. The molecule has 2 aliphatic heterocycles. The fourth-order valence-electron chi connectivity index (χ4n) is 4.43. The molecule has 0 spiro atoms. The van der Waals surface area contributed by atoms with E-state index in [0.29, 0.717) is 16.9 Å². The van der Waals surface area contributed by atoms with E-state index in [1.165, 1.54) is 13.8 Å². The fourth-order valence-corrected chi connectivity index (χ4v) is 4.43. The monoisotopic (exact) mass is 438 g/mol. The highest BCUT2D eigenvalue weighted by atomic mass is 16.6. The first kappa shape index (κ1) is 22.0. The van der Waals surface area contributed by atoms with E-state index in [4.69, 9.17) is 18.9 Å². The Balaban J connectivity index is 1.85. The van der Waals surface area contributed by atoms with E-state index in [1.54, 1.807) is 12.1 Å². The number of carbonyl (C=O) groups excluding carboxylic acids is 3. The number of hydrogen-bond acceptors (Lipinski definition) is 7. The molecule has 3 unspecified atom stereocenters. The van der Waals surface area contributed by atoms with E-state index >= 15 is 0 Å². The van der Waals surface area contributed by atoms with E-state index in [0.717, 1.165) is 5.56 Å². The van der Waals surface area contributed by atoms with Gasteiger partial charge in [-0.2, -0.15) is 0 Å². The summed E-state index contributed by atoms with van der Waals surface area (Å²) >= 11 is 0. The van der Waals surface area contributed by atoms with Gasteiger partial charge in [0.25, 0.3) is 0 Å². The maximum Gasteiger partial charge on any atom is 0.308 e. The molecule has 2 heterocycles. The Morgan fingerprint density at radius 3 is 2.41 bits per heavy atom. The first-order chi connectivity index (χ1) is 15.2. The Labute approximate surface area is 186 Å². The van der Waals surface area contributed by atoms with Crippen molar-refractivity contribution in [3.05, 3.63) is 59.2 Å². The summed E-state index contributed by atoms with van der Waals surface area (Å²) in [6, 6.07) is 12.7. The van der Waals surface area contributed by atoms with E-state index < -0.39 is 35.7 Å². The van der Waals surface area contributed by atoms with Gasteiger partial charge in [-0.15, -0.1) is 0 Å². The van der Waals surface area contributed by atoms with Gasteiger partial charge in [-0.05, 0) is 31.5 Å². The zero-order chi connectivity index (χ0) is 23.0. The summed E-state index contributed by atoms with van der Waals surface area (Å²) in [4.78, 5) is 36.7. The third-order valence-corrected chi connectivity index (χ3v) is 5.86. The molecule has 2 aromatic carbocycles. The normalized spacial score (nSPS) is 23.8. The van der Waals surface area contributed by atoms with Crippen molar-refractivity contribution >= 4 is 17.7 Å². The molecule has 168 valence electrons. The average molecular weight is 438 g/mol. The Hall–Kier alpha value is -3.19. The van der Waals surface area contributed by atoms with Crippen molar-refractivity contribution in [2.24, 2.45) is 0 Å². The molecule has 7 heteroatoms. The zero-order valence-electron chi connectivity index (χ0n) is 18.5.